The molecule has 0 saturated carbocycles. The van der Waals surface area contributed by atoms with E-state index in [-0.39, 0.29) is 19.0 Å². The molecule has 1 aliphatic rings. The lowest BCUT2D eigenvalue weighted by Crippen LogP contribution is -2.08. The minimum Gasteiger partial charge on any atom is -0.487 e. The van der Waals surface area contributed by atoms with Gasteiger partial charge in [0.25, 0.3) is 0 Å². The van der Waals surface area contributed by atoms with Crippen LogP contribution >= 0.6 is 0 Å². The Morgan fingerprint density at radius 1 is 0.839 bits per heavy atom. The normalized spacial score (nSPS) is 13.5. The first-order valence-electron chi connectivity index (χ1n) is 9.89. The standard InChI is InChI=1S/C22H20N6O3/c1-15(29)18-6-21-8-22(7-18)31-14-20-12-28(26-24-20)10-17-5-3-2-4-16(17)9-27-11-19(13-30-21)23-25-27/h2-8,11-12H,9-10,13-14H2,1H3. The maximum atomic E-state index is 11.9. The lowest BCUT2D eigenvalue weighted by Gasteiger charge is -2.10. The third-order valence-electron chi connectivity index (χ3n) is 5.02. The quantitative estimate of drug-likeness (QED) is 0.440. The Bertz CT molecular complexity index is 1160. The number of ether oxygens (including phenoxy) is 2. The molecule has 31 heavy (non-hydrogen) atoms. The number of hydrogen-bond acceptors (Lipinski definition) is 7. The fourth-order valence-corrected chi connectivity index (χ4v) is 3.44. The van der Waals surface area contributed by atoms with Crippen LogP contribution in [-0.4, -0.2) is 35.8 Å². The molecule has 5 rings (SSSR count). The van der Waals surface area contributed by atoms with E-state index in [1.54, 1.807) is 27.6 Å². The molecule has 4 aromatic rings. The number of carbonyl (C=O) groups excluding carboxylic acids is 1. The van der Waals surface area contributed by atoms with Crippen molar-refractivity contribution in [1.29, 1.82) is 0 Å². The van der Waals surface area contributed by atoms with E-state index in [0.717, 1.165) is 11.1 Å². The number of aromatic nitrogens is 6. The Balaban J connectivity index is 1.52. The van der Waals surface area contributed by atoms with Gasteiger partial charge in [-0.25, -0.2) is 9.36 Å². The minimum atomic E-state index is -0.0733. The van der Waals surface area contributed by atoms with Crippen molar-refractivity contribution in [2.75, 3.05) is 0 Å². The van der Waals surface area contributed by atoms with Crippen molar-refractivity contribution in [2.24, 2.45) is 0 Å². The van der Waals surface area contributed by atoms with Gasteiger partial charge >= 0.3 is 0 Å². The number of hydrogen-bond donors (Lipinski definition) is 0. The van der Waals surface area contributed by atoms with Crippen LogP contribution in [0.25, 0.3) is 0 Å². The lowest BCUT2D eigenvalue weighted by molar-refractivity contribution is 0.101. The zero-order chi connectivity index (χ0) is 21.2. The second-order valence-corrected chi connectivity index (χ2v) is 7.41. The monoisotopic (exact) mass is 416 g/mol. The number of ketones is 1. The third-order valence-corrected chi connectivity index (χ3v) is 5.02. The first kappa shape index (κ1) is 19.0. The summed E-state index contributed by atoms with van der Waals surface area (Å²) in [6, 6.07) is 13.3. The molecule has 0 N–H and O–H groups in total. The fourth-order valence-electron chi connectivity index (χ4n) is 3.44. The molecule has 2 aromatic carbocycles. The summed E-state index contributed by atoms with van der Waals surface area (Å²) in [5.41, 5.74) is 4.13. The van der Waals surface area contributed by atoms with E-state index in [4.69, 9.17) is 9.47 Å². The minimum absolute atomic E-state index is 0.0733. The fraction of sp³-hybridized carbons (Fsp3) is 0.227. The zero-order valence-corrected chi connectivity index (χ0v) is 16.9. The van der Waals surface area contributed by atoms with Crippen LogP contribution in [0.4, 0.5) is 0 Å². The van der Waals surface area contributed by atoms with Crippen molar-refractivity contribution in [3.8, 4) is 11.5 Å². The predicted octanol–water partition coefficient (Wildman–Crippen LogP) is 2.64. The topological polar surface area (TPSA) is 97.0 Å². The van der Waals surface area contributed by atoms with Crippen LogP contribution in [0.2, 0.25) is 0 Å². The average molecular weight is 416 g/mol. The Labute approximate surface area is 178 Å². The molecule has 1 aliphatic heterocycles. The lowest BCUT2D eigenvalue weighted by atomic mass is 10.1. The highest BCUT2D eigenvalue weighted by molar-refractivity contribution is 5.94. The highest BCUT2D eigenvalue weighted by atomic mass is 16.5. The van der Waals surface area contributed by atoms with Crippen molar-refractivity contribution < 1.29 is 14.3 Å². The summed E-state index contributed by atoms with van der Waals surface area (Å²) in [5, 5.41) is 16.9. The maximum absolute atomic E-state index is 11.9. The van der Waals surface area contributed by atoms with Gasteiger partial charge in [-0.05, 0) is 30.2 Å². The Kier molecular flexibility index (Phi) is 4.91. The van der Waals surface area contributed by atoms with E-state index in [2.05, 4.69) is 32.8 Å². The van der Waals surface area contributed by atoms with Crippen molar-refractivity contribution in [3.63, 3.8) is 0 Å². The first-order chi connectivity index (χ1) is 15.1. The zero-order valence-electron chi connectivity index (χ0n) is 16.9. The van der Waals surface area contributed by atoms with E-state index in [0.29, 0.717) is 41.5 Å². The summed E-state index contributed by atoms with van der Waals surface area (Å²) in [4.78, 5) is 11.9. The molecule has 0 atom stereocenters. The van der Waals surface area contributed by atoms with E-state index >= 15 is 0 Å². The van der Waals surface area contributed by atoms with Gasteiger partial charge in [0.05, 0.1) is 25.5 Å². The van der Waals surface area contributed by atoms with Crippen molar-refractivity contribution in [1.82, 2.24) is 30.0 Å². The molecular formula is C22H20N6O3. The van der Waals surface area contributed by atoms with E-state index in [1.165, 1.54) is 6.92 Å². The Morgan fingerprint density at radius 3 is 1.84 bits per heavy atom. The summed E-state index contributed by atoms with van der Waals surface area (Å²) >= 11 is 0. The molecule has 0 saturated heterocycles. The second kappa shape index (κ2) is 8.02. The van der Waals surface area contributed by atoms with Gasteiger partial charge in [-0.15, -0.1) is 10.2 Å². The molecule has 0 radical (unpaired) electrons. The van der Waals surface area contributed by atoms with Gasteiger partial charge in [-0.1, -0.05) is 34.7 Å². The molecular weight excluding hydrogens is 396 g/mol. The van der Waals surface area contributed by atoms with E-state index in [9.17, 15) is 4.79 Å². The highest BCUT2D eigenvalue weighted by Gasteiger charge is 2.12. The Morgan fingerprint density at radius 2 is 1.35 bits per heavy atom. The van der Waals surface area contributed by atoms with Crippen LogP contribution in [-0.2, 0) is 26.3 Å². The molecule has 3 heterocycles. The summed E-state index contributed by atoms with van der Waals surface area (Å²) in [6.45, 7) is 3.13. The average Bonchev–Trinajstić information content (AvgIpc) is 3.41. The number of benzene rings is 2. The van der Waals surface area contributed by atoms with Gasteiger partial charge in [0.1, 0.15) is 36.1 Å². The molecule has 9 heteroatoms. The van der Waals surface area contributed by atoms with Crippen LogP contribution < -0.4 is 9.47 Å². The summed E-state index contributed by atoms with van der Waals surface area (Å²) in [5.74, 6) is 0.974. The van der Waals surface area contributed by atoms with E-state index < -0.39 is 0 Å². The van der Waals surface area contributed by atoms with Gasteiger partial charge in [-0.3, -0.25) is 4.79 Å². The Hall–Kier alpha value is -4.01. The van der Waals surface area contributed by atoms with Crippen LogP contribution in [0.5, 0.6) is 11.5 Å². The number of Topliss-reactive ketones (excluding diaryl/α,β-unsaturated/α-hetero) is 1. The molecule has 0 fully saturated rings. The second-order valence-electron chi connectivity index (χ2n) is 7.41. The number of nitrogens with zero attached hydrogens (tertiary/aromatic N) is 6. The molecule has 0 spiro atoms. The van der Waals surface area contributed by atoms with Crippen LogP contribution in [0.15, 0.2) is 54.9 Å². The van der Waals surface area contributed by atoms with Crippen molar-refractivity contribution >= 4 is 5.78 Å². The number of fused-ring (bicyclic) bond motifs is 7. The molecule has 9 nitrogen and oxygen atoms in total. The molecule has 2 aromatic heterocycles. The van der Waals surface area contributed by atoms with Gasteiger partial charge in [-0.2, -0.15) is 0 Å². The predicted molar refractivity (Wildman–Crippen MR) is 110 cm³/mol. The van der Waals surface area contributed by atoms with Crippen molar-refractivity contribution in [3.05, 3.63) is 82.9 Å². The van der Waals surface area contributed by atoms with Crippen LogP contribution in [0, 0.1) is 0 Å². The van der Waals surface area contributed by atoms with Crippen LogP contribution in [0.3, 0.4) is 0 Å². The summed E-state index contributed by atoms with van der Waals surface area (Å²) in [6.07, 6.45) is 3.71. The van der Waals surface area contributed by atoms with Gasteiger partial charge < -0.3 is 9.47 Å². The van der Waals surface area contributed by atoms with Crippen molar-refractivity contribution in [2.45, 2.75) is 33.2 Å². The van der Waals surface area contributed by atoms with Gasteiger partial charge in [0, 0.05) is 11.6 Å². The SMILES string of the molecule is CC(=O)c1cc2cc(c1)OCc1cn(nn1)Cc1ccccc1Cn1cc(nn1)CO2. The molecule has 0 aliphatic carbocycles. The first-order valence-corrected chi connectivity index (χ1v) is 9.89. The third kappa shape index (κ3) is 4.30. The highest BCUT2D eigenvalue weighted by Crippen LogP contribution is 2.25. The molecule has 0 unspecified atom stereocenters. The van der Waals surface area contributed by atoms with Gasteiger partial charge in [0.2, 0.25) is 0 Å². The number of carbonyl (C=O) groups is 1. The van der Waals surface area contributed by atoms with Gasteiger partial charge in [0.15, 0.2) is 5.78 Å². The number of rotatable bonds is 1. The van der Waals surface area contributed by atoms with E-state index in [1.807, 2.05) is 24.5 Å². The largest absolute Gasteiger partial charge is 0.487 e. The summed E-state index contributed by atoms with van der Waals surface area (Å²) in [7, 11) is 0. The summed E-state index contributed by atoms with van der Waals surface area (Å²) < 4.78 is 15.3. The molecule has 6 bridgehead atoms. The smallest absolute Gasteiger partial charge is 0.160 e. The van der Waals surface area contributed by atoms with Crippen LogP contribution in [0.1, 0.15) is 39.8 Å². The maximum Gasteiger partial charge on any atom is 0.160 e. The molecule has 156 valence electrons. The molecule has 0 amide bonds.